The van der Waals surface area contributed by atoms with Gasteiger partial charge in [0.25, 0.3) is 0 Å². The van der Waals surface area contributed by atoms with Crippen LogP contribution in [0.1, 0.15) is 52.8 Å². The number of carboxylic acids is 1. The van der Waals surface area contributed by atoms with E-state index >= 15 is 0 Å². The molecule has 0 radical (unpaired) electrons. The lowest BCUT2D eigenvalue weighted by molar-refractivity contribution is -0.144. The molecule has 0 spiro atoms. The maximum absolute atomic E-state index is 12.0. The predicted molar refractivity (Wildman–Crippen MR) is 166 cm³/mol. The Balaban J connectivity index is 1.49. The third kappa shape index (κ3) is 7.10. The summed E-state index contributed by atoms with van der Waals surface area (Å²) in [5.74, 6) is -0.271. The van der Waals surface area contributed by atoms with Gasteiger partial charge in [-0.2, -0.15) is 10.5 Å². The number of halogens is 1. The zero-order valence-corrected chi connectivity index (χ0v) is 24.2. The minimum Gasteiger partial charge on any atom is -0.489 e. The summed E-state index contributed by atoms with van der Waals surface area (Å²) < 4.78 is 6.29. The number of benzene rings is 3. The van der Waals surface area contributed by atoms with Gasteiger partial charge >= 0.3 is 5.97 Å². The molecule has 3 aromatic carbocycles. The molecular weight excluding hydrogens is 560 g/mol. The Bertz CT molecular complexity index is 1740. The van der Waals surface area contributed by atoms with Crippen molar-refractivity contribution in [3.05, 3.63) is 118 Å². The fourth-order valence-corrected chi connectivity index (χ4v) is 5.56. The highest BCUT2D eigenvalue weighted by Crippen LogP contribution is 2.33. The number of aliphatic carboxylic acids is 1. The van der Waals surface area contributed by atoms with Gasteiger partial charge in [0, 0.05) is 28.9 Å². The first-order valence-corrected chi connectivity index (χ1v) is 14.4. The Hall–Kier alpha value is -4.95. The summed E-state index contributed by atoms with van der Waals surface area (Å²) in [5.41, 5.74) is 5.48. The molecule has 4 aromatic rings. The highest BCUT2D eigenvalue weighted by atomic mass is 35.5. The quantitative estimate of drug-likeness (QED) is 0.218. The molecule has 0 amide bonds. The fraction of sp³-hybridized carbons (Fsp3) is 0.200. The van der Waals surface area contributed by atoms with Gasteiger partial charge in [0.05, 0.1) is 22.9 Å². The molecule has 0 saturated carbocycles. The molecule has 1 saturated heterocycles. The Morgan fingerprint density at radius 1 is 1.05 bits per heavy atom. The van der Waals surface area contributed by atoms with Crippen molar-refractivity contribution in [1.29, 1.82) is 10.5 Å². The minimum absolute atomic E-state index is 0.217. The van der Waals surface area contributed by atoms with Crippen molar-refractivity contribution in [2.75, 3.05) is 6.54 Å². The van der Waals surface area contributed by atoms with E-state index in [1.165, 1.54) is 0 Å². The van der Waals surface area contributed by atoms with Crippen molar-refractivity contribution in [3.8, 4) is 29.0 Å². The van der Waals surface area contributed by atoms with Gasteiger partial charge in [0.2, 0.25) is 0 Å². The van der Waals surface area contributed by atoms with Crippen molar-refractivity contribution in [2.24, 2.45) is 0 Å². The monoisotopic (exact) mass is 588 g/mol. The molecule has 1 aliphatic rings. The van der Waals surface area contributed by atoms with Gasteiger partial charge in [-0.15, -0.1) is 0 Å². The number of hydrogen-bond donors (Lipinski definition) is 1. The molecule has 0 bridgehead atoms. The Morgan fingerprint density at radius 2 is 1.88 bits per heavy atom. The molecule has 0 unspecified atom stereocenters. The van der Waals surface area contributed by atoms with E-state index in [2.05, 4.69) is 17.1 Å². The third-order valence-corrected chi connectivity index (χ3v) is 7.83. The van der Waals surface area contributed by atoms with E-state index in [1.54, 1.807) is 30.5 Å². The van der Waals surface area contributed by atoms with E-state index < -0.39 is 12.0 Å². The zero-order chi connectivity index (χ0) is 30.2. The first-order chi connectivity index (χ1) is 21.0. The fourth-order valence-electron chi connectivity index (χ4n) is 5.32. The average molecular weight is 589 g/mol. The number of likely N-dealkylation sites (tertiary alicyclic amines) is 1. The molecule has 214 valence electrons. The number of piperidine rings is 1. The van der Waals surface area contributed by atoms with E-state index in [9.17, 15) is 20.4 Å². The van der Waals surface area contributed by atoms with Crippen LogP contribution >= 0.6 is 11.6 Å². The van der Waals surface area contributed by atoms with Gasteiger partial charge in [0.15, 0.2) is 0 Å². The van der Waals surface area contributed by atoms with E-state index in [1.807, 2.05) is 65.6 Å². The van der Waals surface area contributed by atoms with Crippen LogP contribution in [-0.4, -0.2) is 33.5 Å². The summed E-state index contributed by atoms with van der Waals surface area (Å²) in [4.78, 5) is 18.4. The summed E-state index contributed by atoms with van der Waals surface area (Å²) in [6.45, 7) is 1.25. The van der Waals surface area contributed by atoms with Crippen LogP contribution in [-0.2, 0) is 17.9 Å². The first-order valence-electron chi connectivity index (χ1n) is 14.0. The van der Waals surface area contributed by atoms with Gasteiger partial charge < -0.3 is 9.84 Å². The Labute approximate surface area is 255 Å². The molecule has 1 atom stereocenters. The SMILES string of the molecule is N#Cc1cccc(COc2cc(/C=C/c3nccc(-c4ccccc4)c3C#N)c(Cl)cc2CN2CCCC[C@H]2C(=O)O)c1. The second-order valence-electron chi connectivity index (χ2n) is 10.3. The molecule has 7 nitrogen and oxygen atoms in total. The molecule has 43 heavy (non-hydrogen) atoms. The Morgan fingerprint density at radius 3 is 2.65 bits per heavy atom. The number of hydrogen-bond acceptors (Lipinski definition) is 6. The van der Waals surface area contributed by atoms with Crippen LogP contribution in [0.5, 0.6) is 5.75 Å². The number of rotatable bonds is 9. The average Bonchev–Trinajstić information content (AvgIpc) is 3.04. The van der Waals surface area contributed by atoms with Gasteiger partial charge in [-0.05, 0) is 72.5 Å². The number of ether oxygens (including phenoxy) is 1. The van der Waals surface area contributed by atoms with Crippen molar-refractivity contribution in [3.63, 3.8) is 0 Å². The van der Waals surface area contributed by atoms with Gasteiger partial charge in [-0.1, -0.05) is 66.6 Å². The lowest BCUT2D eigenvalue weighted by Gasteiger charge is -2.33. The summed E-state index contributed by atoms with van der Waals surface area (Å²) in [5, 5.41) is 29.5. The van der Waals surface area contributed by atoms with Crippen LogP contribution in [0.4, 0.5) is 0 Å². The van der Waals surface area contributed by atoms with Crippen molar-refractivity contribution < 1.29 is 14.6 Å². The number of pyridine rings is 1. The molecule has 2 heterocycles. The second kappa shape index (κ2) is 13.8. The maximum Gasteiger partial charge on any atom is 0.320 e. The third-order valence-electron chi connectivity index (χ3n) is 7.50. The highest BCUT2D eigenvalue weighted by Gasteiger charge is 2.29. The largest absolute Gasteiger partial charge is 0.489 e. The van der Waals surface area contributed by atoms with Crippen LogP contribution < -0.4 is 4.74 Å². The maximum atomic E-state index is 12.0. The summed E-state index contributed by atoms with van der Waals surface area (Å²) in [7, 11) is 0. The normalized spacial score (nSPS) is 15.1. The lowest BCUT2D eigenvalue weighted by atomic mass is 9.99. The molecule has 1 aromatic heterocycles. The minimum atomic E-state index is -0.834. The summed E-state index contributed by atoms with van der Waals surface area (Å²) in [6.07, 6.45) is 7.63. The van der Waals surface area contributed by atoms with E-state index in [0.717, 1.165) is 35.1 Å². The van der Waals surface area contributed by atoms with E-state index in [4.69, 9.17) is 16.3 Å². The number of carboxylic acid groups (broad SMARTS) is 1. The Kier molecular flexibility index (Phi) is 9.49. The molecule has 1 aliphatic heterocycles. The number of aromatic nitrogens is 1. The van der Waals surface area contributed by atoms with Crippen LogP contribution in [0.25, 0.3) is 23.3 Å². The van der Waals surface area contributed by atoms with E-state index in [-0.39, 0.29) is 6.61 Å². The summed E-state index contributed by atoms with van der Waals surface area (Å²) in [6, 6.07) is 26.2. The van der Waals surface area contributed by atoms with Crippen LogP contribution in [0.2, 0.25) is 5.02 Å². The topological polar surface area (TPSA) is 110 Å². The van der Waals surface area contributed by atoms with Crippen molar-refractivity contribution >= 4 is 29.7 Å². The van der Waals surface area contributed by atoms with Gasteiger partial charge in [0.1, 0.15) is 24.5 Å². The van der Waals surface area contributed by atoms with Crippen molar-refractivity contribution in [2.45, 2.75) is 38.5 Å². The molecule has 5 rings (SSSR count). The first kappa shape index (κ1) is 29.5. The molecular formula is C35H29ClN4O3. The second-order valence-corrected chi connectivity index (χ2v) is 10.7. The van der Waals surface area contributed by atoms with Crippen LogP contribution in [0, 0.1) is 22.7 Å². The van der Waals surface area contributed by atoms with Gasteiger partial charge in [-0.3, -0.25) is 14.7 Å². The van der Waals surface area contributed by atoms with E-state index in [0.29, 0.717) is 52.7 Å². The van der Waals surface area contributed by atoms with Crippen LogP contribution in [0.15, 0.2) is 79.0 Å². The standard InChI is InChI=1S/C35H29ClN4O3/c36-31-18-28(22-40-16-5-4-11-33(40)35(41)42)34(43-23-25-8-6-7-24(17-25)20-37)19-27(31)12-13-32-30(21-38)29(14-15-39-32)26-9-2-1-3-10-26/h1-3,6-10,12-15,17-19,33H,4-5,11,16,22-23H2,(H,41,42)/b13-12+/t33-/m0/s1. The highest BCUT2D eigenvalue weighted by molar-refractivity contribution is 6.32. The summed E-state index contributed by atoms with van der Waals surface area (Å²) >= 11 is 6.78. The molecule has 0 aliphatic carbocycles. The van der Waals surface area contributed by atoms with Gasteiger partial charge in [-0.25, -0.2) is 0 Å². The number of nitriles is 2. The lowest BCUT2D eigenvalue weighted by Crippen LogP contribution is -2.44. The van der Waals surface area contributed by atoms with Crippen molar-refractivity contribution in [1.82, 2.24) is 9.88 Å². The van der Waals surface area contributed by atoms with Crippen LogP contribution in [0.3, 0.4) is 0 Å². The zero-order valence-electron chi connectivity index (χ0n) is 23.4. The predicted octanol–water partition coefficient (Wildman–Crippen LogP) is 7.33. The molecule has 8 heteroatoms. The molecule has 1 N–H and O–H groups in total. The smallest absolute Gasteiger partial charge is 0.320 e. The molecule has 1 fully saturated rings. The number of nitrogens with zero attached hydrogens (tertiary/aromatic N) is 4. The number of carbonyl (C=O) groups is 1.